The lowest BCUT2D eigenvalue weighted by atomic mass is 10.2. The molecule has 0 radical (unpaired) electrons. The van der Waals surface area contributed by atoms with Crippen molar-refractivity contribution in [3.05, 3.63) is 65.5 Å². The highest BCUT2D eigenvalue weighted by Crippen LogP contribution is 2.31. The number of pyridine rings is 1. The number of aromatic nitrogens is 3. The van der Waals surface area contributed by atoms with E-state index in [4.69, 9.17) is 0 Å². The molecule has 1 saturated heterocycles. The van der Waals surface area contributed by atoms with Crippen LogP contribution in [0.25, 0.3) is 11.4 Å². The summed E-state index contributed by atoms with van der Waals surface area (Å²) in [6.45, 7) is 5.72. The Morgan fingerprint density at radius 3 is 2.39 bits per heavy atom. The fourth-order valence-corrected chi connectivity index (χ4v) is 3.75. The topological polar surface area (TPSA) is 83.0 Å². The van der Waals surface area contributed by atoms with Crippen molar-refractivity contribution in [3.8, 4) is 11.4 Å². The number of carbonyl (C=O) groups excluding carboxylic acids is 1. The van der Waals surface area contributed by atoms with Gasteiger partial charge in [-0.2, -0.15) is 13.2 Å². The summed E-state index contributed by atoms with van der Waals surface area (Å²) in [4.78, 5) is 25.8. The van der Waals surface area contributed by atoms with Crippen molar-refractivity contribution < 1.29 is 26.7 Å². The molecule has 12 heteroatoms. The first-order chi connectivity index (χ1) is 18.2. The van der Waals surface area contributed by atoms with E-state index in [1.807, 2.05) is 13.8 Å². The number of benzene rings is 1. The third-order valence-electron chi connectivity index (χ3n) is 5.61. The third-order valence-corrected chi connectivity index (χ3v) is 5.61. The molecule has 4 rings (SSSR count). The number of hydrogen-bond acceptors (Lipinski definition) is 6. The minimum atomic E-state index is -4.59. The smallest absolute Gasteiger partial charge is 0.370 e. The number of nitrogens with one attached hydrogen (secondary N) is 2. The number of carbonyl (C=O) groups is 1. The molecule has 1 amide bonds. The van der Waals surface area contributed by atoms with E-state index < -0.39 is 23.4 Å². The molecule has 204 valence electrons. The van der Waals surface area contributed by atoms with Gasteiger partial charge in [-0.15, -0.1) is 0 Å². The zero-order chi connectivity index (χ0) is 27.7. The molecule has 0 bridgehead atoms. The Morgan fingerprint density at radius 1 is 1.00 bits per heavy atom. The van der Waals surface area contributed by atoms with Gasteiger partial charge in [0.15, 0.2) is 5.82 Å². The molecule has 0 atom stereocenters. The summed E-state index contributed by atoms with van der Waals surface area (Å²) in [5, 5.41) is 6.01. The van der Waals surface area contributed by atoms with Crippen LogP contribution in [0.3, 0.4) is 0 Å². The highest BCUT2D eigenvalue weighted by atomic mass is 19.4. The Hall–Kier alpha value is -3.83. The van der Waals surface area contributed by atoms with Gasteiger partial charge in [0.25, 0.3) is 0 Å². The van der Waals surface area contributed by atoms with Crippen LogP contribution in [0.5, 0.6) is 0 Å². The number of alkyl halides is 3. The van der Waals surface area contributed by atoms with E-state index in [0.717, 1.165) is 31.2 Å². The van der Waals surface area contributed by atoms with E-state index in [0.29, 0.717) is 37.9 Å². The Kier molecular flexibility index (Phi) is 9.91. The van der Waals surface area contributed by atoms with Crippen LogP contribution in [-0.2, 0) is 17.5 Å². The lowest BCUT2D eigenvalue weighted by Crippen LogP contribution is -2.27. The second kappa shape index (κ2) is 13.1. The lowest BCUT2D eigenvalue weighted by Gasteiger charge is -2.16. The second-order valence-electron chi connectivity index (χ2n) is 8.28. The second-order valence-corrected chi connectivity index (χ2v) is 8.28. The summed E-state index contributed by atoms with van der Waals surface area (Å²) in [7, 11) is 0. The molecular weight excluding hydrogens is 507 g/mol. The van der Waals surface area contributed by atoms with E-state index in [-0.39, 0.29) is 35.2 Å². The number of rotatable bonds is 9. The third kappa shape index (κ3) is 7.83. The van der Waals surface area contributed by atoms with Crippen LogP contribution in [0, 0.1) is 11.6 Å². The van der Waals surface area contributed by atoms with E-state index in [1.54, 1.807) is 4.90 Å². The van der Waals surface area contributed by atoms with Crippen LogP contribution in [0.1, 0.15) is 44.2 Å². The van der Waals surface area contributed by atoms with Crippen LogP contribution in [0.15, 0.2) is 42.7 Å². The molecule has 0 aliphatic carbocycles. The van der Waals surface area contributed by atoms with Gasteiger partial charge in [0.05, 0.1) is 5.56 Å². The van der Waals surface area contributed by atoms with Crippen LogP contribution < -0.4 is 10.6 Å². The number of nitrogens with zero attached hydrogens (tertiary/aromatic N) is 4. The van der Waals surface area contributed by atoms with Crippen molar-refractivity contribution >= 4 is 17.5 Å². The van der Waals surface area contributed by atoms with Crippen molar-refractivity contribution in [3.63, 3.8) is 0 Å². The zero-order valence-corrected chi connectivity index (χ0v) is 21.1. The maximum absolute atomic E-state index is 14.0. The number of likely N-dealkylation sites (tertiary alicyclic amines) is 1. The van der Waals surface area contributed by atoms with E-state index in [1.165, 1.54) is 18.3 Å². The molecule has 3 heterocycles. The van der Waals surface area contributed by atoms with Gasteiger partial charge in [-0.25, -0.2) is 18.7 Å². The zero-order valence-electron chi connectivity index (χ0n) is 21.1. The Morgan fingerprint density at radius 2 is 1.74 bits per heavy atom. The summed E-state index contributed by atoms with van der Waals surface area (Å²) in [6.07, 6.45) is -0.626. The largest absolute Gasteiger partial charge is 0.417 e. The van der Waals surface area contributed by atoms with Gasteiger partial charge in [-0.3, -0.25) is 9.78 Å². The van der Waals surface area contributed by atoms with Gasteiger partial charge >= 0.3 is 6.18 Å². The van der Waals surface area contributed by atoms with Crippen molar-refractivity contribution in [1.82, 2.24) is 19.9 Å². The monoisotopic (exact) mass is 536 g/mol. The molecule has 7 nitrogen and oxygen atoms in total. The van der Waals surface area contributed by atoms with Crippen LogP contribution in [-0.4, -0.2) is 45.4 Å². The lowest BCUT2D eigenvalue weighted by molar-refractivity contribution is -0.137. The summed E-state index contributed by atoms with van der Waals surface area (Å²) < 4.78 is 66.8. The minimum absolute atomic E-state index is 0.0181. The molecule has 2 aromatic heterocycles. The molecular formula is C26H29F5N6O. The summed E-state index contributed by atoms with van der Waals surface area (Å²) in [5.74, 6) is -0.801. The van der Waals surface area contributed by atoms with Crippen LogP contribution in [0.2, 0.25) is 0 Å². The molecule has 0 unspecified atom stereocenters. The first-order valence-electron chi connectivity index (χ1n) is 12.3. The molecule has 3 aromatic rings. The molecule has 38 heavy (non-hydrogen) atoms. The quantitative estimate of drug-likeness (QED) is 0.262. The van der Waals surface area contributed by atoms with Gasteiger partial charge in [0, 0.05) is 68.3 Å². The predicted octanol–water partition coefficient (Wildman–Crippen LogP) is 5.90. The maximum Gasteiger partial charge on any atom is 0.417 e. The molecule has 1 fully saturated rings. The first kappa shape index (κ1) is 28.7. The molecule has 1 aliphatic heterocycles. The molecule has 1 aromatic carbocycles. The van der Waals surface area contributed by atoms with Crippen molar-refractivity contribution in [1.29, 1.82) is 0 Å². The van der Waals surface area contributed by atoms with E-state index >= 15 is 0 Å². The normalized spacial score (nSPS) is 13.2. The fraction of sp³-hybridized carbons (Fsp3) is 0.385. The van der Waals surface area contributed by atoms with Gasteiger partial charge < -0.3 is 15.5 Å². The number of halogens is 5. The number of anilines is 2. The Balaban J connectivity index is 0.00000195. The van der Waals surface area contributed by atoms with Gasteiger partial charge in [0.2, 0.25) is 5.91 Å². The van der Waals surface area contributed by atoms with E-state index in [2.05, 4.69) is 25.6 Å². The summed E-state index contributed by atoms with van der Waals surface area (Å²) >= 11 is 0. The average Bonchev–Trinajstić information content (AvgIpc) is 3.31. The van der Waals surface area contributed by atoms with Gasteiger partial charge in [0.1, 0.15) is 23.3 Å². The van der Waals surface area contributed by atoms with E-state index in [9.17, 15) is 26.7 Å². The number of hydrogen-bond donors (Lipinski definition) is 2. The number of amides is 1. The maximum atomic E-state index is 14.0. The van der Waals surface area contributed by atoms with Crippen molar-refractivity contribution in [2.24, 2.45) is 0 Å². The minimum Gasteiger partial charge on any atom is -0.370 e. The van der Waals surface area contributed by atoms with Crippen LogP contribution in [0.4, 0.5) is 33.6 Å². The van der Waals surface area contributed by atoms with Gasteiger partial charge in [-0.05, 0) is 25.0 Å². The van der Waals surface area contributed by atoms with Gasteiger partial charge in [-0.1, -0.05) is 19.9 Å². The molecule has 1 aliphatic rings. The standard InChI is InChI=1S/C24H23F5N6O.C2H6/c25-18-5-4-15(19(26)10-18)13-32-21-11-20(31-6-2-8-35-7-1-3-22(35)36)33-23(34-21)16-9-17(14-30-12-16)24(27,28)29;1-2/h4-5,9-12,14H,1-3,6-8,13H2,(H2,31,32,33,34);1-2H3. The summed E-state index contributed by atoms with van der Waals surface area (Å²) in [5.41, 5.74) is -0.714. The Bertz CT molecular complexity index is 1240. The molecule has 0 saturated carbocycles. The molecule has 0 spiro atoms. The van der Waals surface area contributed by atoms with Crippen molar-refractivity contribution in [2.75, 3.05) is 30.3 Å². The summed E-state index contributed by atoms with van der Waals surface area (Å²) in [6, 6.07) is 5.60. The SMILES string of the molecule is CC.O=C1CCCN1CCCNc1cc(NCc2ccc(F)cc2F)nc(-c2cncc(C(F)(F)F)c2)n1. The van der Waals surface area contributed by atoms with Crippen LogP contribution >= 0.6 is 0 Å². The highest BCUT2D eigenvalue weighted by Gasteiger charge is 2.31. The predicted molar refractivity (Wildman–Crippen MR) is 134 cm³/mol. The molecule has 2 N–H and O–H groups in total. The first-order valence-corrected chi connectivity index (χ1v) is 12.3. The Labute approximate surface area is 217 Å². The average molecular weight is 537 g/mol. The van der Waals surface area contributed by atoms with Crippen molar-refractivity contribution in [2.45, 2.75) is 45.8 Å². The highest BCUT2D eigenvalue weighted by molar-refractivity contribution is 5.78. The fourth-order valence-electron chi connectivity index (χ4n) is 3.75.